The van der Waals surface area contributed by atoms with Gasteiger partial charge in [0.15, 0.2) is 0 Å². The van der Waals surface area contributed by atoms with Gasteiger partial charge in [-0.1, -0.05) is 0 Å². The van der Waals surface area contributed by atoms with Gasteiger partial charge >= 0.3 is 0 Å². The molecule has 0 bridgehead atoms. The van der Waals surface area contributed by atoms with Crippen LogP contribution < -0.4 is 5.32 Å². The number of aryl methyl sites for hydroxylation is 2. The summed E-state index contributed by atoms with van der Waals surface area (Å²) in [4.78, 5) is 0. The number of halogens is 3. The van der Waals surface area contributed by atoms with E-state index in [1.54, 1.807) is 4.68 Å². The topological polar surface area (TPSA) is 50.1 Å². The summed E-state index contributed by atoms with van der Waals surface area (Å²) >= 11 is 3.38. The predicted molar refractivity (Wildman–Crippen MR) is 64.1 cm³/mol. The lowest BCUT2D eigenvalue weighted by Crippen LogP contribution is -2.35. The molecule has 7 heteroatoms. The SMILES string of the molecule is CCn1nc(C)c(Br)c1CNCC(F)(F)CO. The fourth-order valence-electron chi connectivity index (χ4n) is 1.46. The maximum atomic E-state index is 12.8. The van der Waals surface area contributed by atoms with E-state index in [1.807, 2.05) is 13.8 Å². The van der Waals surface area contributed by atoms with Crippen LogP contribution >= 0.6 is 15.9 Å². The van der Waals surface area contributed by atoms with E-state index in [4.69, 9.17) is 5.11 Å². The van der Waals surface area contributed by atoms with Crippen molar-refractivity contribution in [1.29, 1.82) is 0 Å². The molecule has 0 unspecified atom stereocenters. The first-order valence-electron chi connectivity index (χ1n) is 5.32. The fraction of sp³-hybridized carbons (Fsp3) is 0.700. The lowest BCUT2D eigenvalue weighted by molar-refractivity contribution is -0.0478. The minimum Gasteiger partial charge on any atom is -0.390 e. The fourth-order valence-corrected chi connectivity index (χ4v) is 1.88. The summed E-state index contributed by atoms with van der Waals surface area (Å²) in [7, 11) is 0. The standard InChI is InChI=1S/C10H16BrF2N3O/c1-3-16-8(9(11)7(2)15-16)4-14-5-10(12,13)6-17/h14,17H,3-6H2,1-2H3. The molecule has 4 nitrogen and oxygen atoms in total. The van der Waals surface area contributed by atoms with E-state index in [-0.39, 0.29) is 6.54 Å². The third-order valence-corrected chi connectivity index (χ3v) is 3.39. The molecule has 0 aliphatic carbocycles. The highest BCUT2D eigenvalue weighted by Crippen LogP contribution is 2.21. The van der Waals surface area contributed by atoms with Crippen LogP contribution in [-0.2, 0) is 13.1 Å². The first-order valence-corrected chi connectivity index (χ1v) is 6.11. The van der Waals surface area contributed by atoms with Crippen LogP contribution in [0.1, 0.15) is 18.3 Å². The van der Waals surface area contributed by atoms with Gasteiger partial charge in [0.25, 0.3) is 5.92 Å². The molecular formula is C10H16BrF2N3O. The Bertz CT molecular complexity index is 382. The highest BCUT2D eigenvalue weighted by molar-refractivity contribution is 9.10. The van der Waals surface area contributed by atoms with Crippen molar-refractivity contribution < 1.29 is 13.9 Å². The number of nitrogens with one attached hydrogen (secondary N) is 1. The van der Waals surface area contributed by atoms with Crippen molar-refractivity contribution in [1.82, 2.24) is 15.1 Å². The van der Waals surface area contributed by atoms with Gasteiger partial charge in [0.05, 0.1) is 22.4 Å². The molecule has 0 amide bonds. The van der Waals surface area contributed by atoms with Gasteiger partial charge in [-0.3, -0.25) is 4.68 Å². The number of rotatable bonds is 6. The van der Waals surface area contributed by atoms with Crippen LogP contribution in [0.15, 0.2) is 4.47 Å². The smallest absolute Gasteiger partial charge is 0.282 e. The highest BCUT2D eigenvalue weighted by atomic mass is 79.9. The molecule has 0 radical (unpaired) electrons. The zero-order chi connectivity index (χ0) is 13.1. The average Bonchev–Trinajstić information content (AvgIpc) is 2.56. The molecule has 0 spiro atoms. The number of hydrogen-bond acceptors (Lipinski definition) is 3. The molecule has 1 rings (SSSR count). The summed E-state index contributed by atoms with van der Waals surface area (Å²) < 4.78 is 28.2. The Morgan fingerprint density at radius 1 is 1.53 bits per heavy atom. The van der Waals surface area contributed by atoms with Crippen molar-refractivity contribution in [3.8, 4) is 0 Å². The Morgan fingerprint density at radius 2 is 2.18 bits per heavy atom. The second-order valence-electron chi connectivity index (χ2n) is 3.78. The third-order valence-electron chi connectivity index (χ3n) is 2.36. The molecule has 1 aromatic heterocycles. The molecule has 0 fully saturated rings. The van der Waals surface area contributed by atoms with E-state index >= 15 is 0 Å². The first-order chi connectivity index (χ1) is 7.91. The van der Waals surface area contributed by atoms with Gasteiger partial charge in [0.1, 0.15) is 6.61 Å². The van der Waals surface area contributed by atoms with E-state index in [2.05, 4.69) is 26.3 Å². The van der Waals surface area contributed by atoms with Crippen molar-refractivity contribution in [2.75, 3.05) is 13.2 Å². The molecule has 0 saturated heterocycles. The van der Waals surface area contributed by atoms with Crippen molar-refractivity contribution in [2.45, 2.75) is 32.9 Å². The molecule has 0 aliphatic heterocycles. The quantitative estimate of drug-likeness (QED) is 0.840. The van der Waals surface area contributed by atoms with E-state index < -0.39 is 19.1 Å². The second-order valence-corrected chi connectivity index (χ2v) is 4.57. The maximum Gasteiger partial charge on any atom is 0.282 e. The van der Waals surface area contributed by atoms with Gasteiger partial charge in [-0.15, -0.1) is 0 Å². The van der Waals surface area contributed by atoms with Crippen LogP contribution in [-0.4, -0.2) is 34.0 Å². The number of hydrogen-bond donors (Lipinski definition) is 2. The van der Waals surface area contributed by atoms with Gasteiger partial charge in [-0.25, -0.2) is 8.78 Å². The van der Waals surface area contributed by atoms with Gasteiger partial charge in [0, 0.05) is 13.1 Å². The summed E-state index contributed by atoms with van der Waals surface area (Å²) in [6, 6.07) is 0. The molecule has 0 aliphatic rings. The van der Waals surface area contributed by atoms with Gasteiger partial charge in [-0.05, 0) is 29.8 Å². The van der Waals surface area contributed by atoms with Crippen molar-refractivity contribution in [3.63, 3.8) is 0 Å². The maximum absolute atomic E-state index is 12.8. The molecule has 0 aromatic carbocycles. The minimum atomic E-state index is -3.08. The summed E-state index contributed by atoms with van der Waals surface area (Å²) in [5, 5.41) is 15.3. The summed E-state index contributed by atoms with van der Waals surface area (Å²) in [6.45, 7) is 3.05. The van der Waals surface area contributed by atoms with E-state index in [0.717, 1.165) is 15.9 Å². The number of aliphatic hydroxyl groups is 1. The number of aromatic nitrogens is 2. The zero-order valence-electron chi connectivity index (χ0n) is 9.80. The minimum absolute atomic E-state index is 0.283. The zero-order valence-corrected chi connectivity index (χ0v) is 11.4. The summed E-state index contributed by atoms with van der Waals surface area (Å²) in [5.74, 6) is -3.08. The Balaban J connectivity index is 2.63. The van der Waals surface area contributed by atoms with E-state index in [1.165, 1.54) is 0 Å². The lowest BCUT2D eigenvalue weighted by Gasteiger charge is -2.14. The average molecular weight is 312 g/mol. The van der Waals surface area contributed by atoms with Crippen molar-refractivity contribution in [2.24, 2.45) is 0 Å². The van der Waals surface area contributed by atoms with Gasteiger partial charge < -0.3 is 10.4 Å². The Hall–Kier alpha value is -0.530. The Labute approximate surface area is 107 Å². The Morgan fingerprint density at radius 3 is 2.71 bits per heavy atom. The molecule has 0 saturated carbocycles. The molecule has 1 heterocycles. The van der Waals surface area contributed by atoms with Crippen LogP contribution in [0, 0.1) is 6.92 Å². The van der Waals surface area contributed by atoms with Crippen molar-refractivity contribution >= 4 is 15.9 Å². The largest absolute Gasteiger partial charge is 0.390 e. The molecule has 0 atom stereocenters. The van der Waals surface area contributed by atoms with Crippen molar-refractivity contribution in [3.05, 3.63) is 15.9 Å². The van der Waals surface area contributed by atoms with Crippen LogP contribution in [0.5, 0.6) is 0 Å². The molecule has 98 valence electrons. The summed E-state index contributed by atoms with van der Waals surface area (Å²) in [6.07, 6.45) is 0. The molecule has 1 aromatic rings. The van der Waals surface area contributed by atoms with Gasteiger partial charge in [0.2, 0.25) is 0 Å². The summed E-state index contributed by atoms with van der Waals surface area (Å²) in [5.41, 5.74) is 1.66. The normalized spacial score (nSPS) is 12.1. The Kier molecular flexibility index (Phi) is 5.03. The molecule has 2 N–H and O–H groups in total. The predicted octanol–water partition coefficient (Wildman–Crippen LogP) is 1.69. The monoisotopic (exact) mass is 311 g/mol. The lowest BCUT2D eigenvalue weighted by atomic mass is 10.3. The number of aliphatic hydroxyl groups excluding tert-OH is 1. The van der Waals surface area contributed by atoms with Crippen LogP contribution in [0.4, 0.5) is 8.78 Å². The molecule has 17 heavy (non-hydrogen) atoms. The van der Waals surface area contributed by atoms with Crippen LogP contribution in [0.25, 0.3) is 0 Å². The first kappa shape index (κ1) is 14.5. The molecular weight excluding hydrogens is 296 g/mol. The second kappa shape index (κ2) is 5.88. The number of nitrogens with zero attached hydrogens (tertiary/aromatic N) is 2. The third kappa shape index (κ3) is 3.72. The van der Waals surface area contributed by atoms with Gasteiger partial charge in [-0.2, -0.15) is 5.10 Å². The highest BCUT2D eigenvalue weighted by Gasteiger charge is 2.27. The van der Waals surface area contributed by atoms with Crippen LogP contribution in [0.3, 0.4) is 0 Å². The van der Waals surface area contributed by atoms with E-state index in [9.17, 15) is 8.78 Å². The van der Waals surface area contributed by atoms with Crippen LogP contribution in [0.2, 0.25) is 0 Å². The van der Waals surface area contributed by atoms with E-state index in [0.29, 0.717) is 6.54 Å². The number of alkyl halides is 2.